The van der Waals surface area contributed by atoms with E-state index in [1.165, 1.54) is 6.07 Å². The summed E-state index contributed by atoms with van der Waals surface area (Å²) < 4.78 is 30.4. The molecule has 1 aromatic rings. The van der Waals surface area contributed by atoms with Gasteiger partial charge in [-0.3, -0.25) is 4.55 Å². The molecule has 0 aromatic heterocycles. The zero-order valence-corrected chi connectivity index (χ0v) is 8.75. The molecule has 0 fully saturated rings. The Morgan fingerprint density at radius 2 is 1.86 bits per heavy atom. The molecule has 1 aromatic carbocycles. The molecule has 0 spiro atoms. The van der Waals surface area contributed by atoms with Crippen molar-refractivity contribution in [1.29, 1.82) is 0 Å². The molecule has 0 atom stereocenters. The van der Waals surface area contributed by atoms with Crippen LogP contribution >= 0.6 is 0 Å². The predicted octanol–water partition coefficient (Wildman–Crippen LogP) is 1.76. The maximum Gasteiger partial charge on any atom is 0.298 e. The van der Waals surface area contributed by atoms with Gasteiger partial charge in [0.15, 0.2) is 0 Å². The van der Waals surface area contributed by atoms with Gasteiger partial charge in [-0.25, -0.2) is 0 Å². The molecule has 1 rings (SSSR count). The number of hydrogen-bond donors (Lipinski definition) is 2. The van der Waals surface area contributed by atoms with Crippen LogP contribution in [0.15, 0.2) is 23.1 Å². The van der Waals surface area contributed by atoms with Crippen LogP contribution in [0.4, 0.5) is 0 Å². The van der Waals surface area contributed by atoms with E-state index in [1.807, 2.05) is 13.8 Å². The van der Waals surface area contributed by atoms with E-state index in [2.05, 4.69) is 0 Å². The highest BCUT2D eigenvalue weighted by molar-refractivity contribution is 7.86. The standard InChI is InChI=1S/C9H12O4S/c1-6(2)7-4-3-5-8(9(7)10)14(11,12)13/h3-6,10H,1-2H3,(H,11,12,13). The minimum atomic E-state index is -4.34. The predicted molar refractivity (Wildman–Crippen MR) is 52.0 cm³/mol. The molecule has 78 valence electrons. The van der Waals surface area contributed by atoms with Crippen molar-refractivity contribution in [2.75, 3.05) is 0 Å². The molecule has 0 aliphatic heterocycles. The quantitative estimate of drug-likeness (QED) is 0.739. The van der Waals surface area contributed by atoms with E-state index < -0.39 is 15.0 Å². The van der Waals surface area contributed by atoms with Crippen LogP contribution in [0.25, 0.3) is 0 Å². The highest BCUT2D eigenvalue weighted by Gasteiger charge is 2.18. The van der Waals surface area contributed by atoms with Crippen LogP contribution in [0.5, 0.6) is 5.75 Å². The Hall–Kier alpha value is -1.07. The van der Waals surface area contributed by atoms with Gasteiger partial charge in [0.1, 0.15) is 10.6 Å². The molecule has 0 saturated carbocycles. The van der Waals surface area contributed by atoms with Crippen LogP contribution in [0.1, 0.15) is 25.3 Å². The summed E-state index contributed by atoms with van der Waals surface area (Å²) in [5.41, 5.74) is 0.500. The Balaban J connectivity index is 3.43. The third-order valence-corrected chi connectivity index (χ3v) is 2.82. The number of hydrogen-bond acceptors (Lipinski definition) is 3. The van der Waals surface area contributed by atoms with E-state index in [0.29, 0.717) is 5.56 Å². The zero-order valence-electron chi connectivity index (χ0n) is 7.93. The lowest BCUT2D eigenvalue weighted by molar-refractivity contribution is 0.435. The first kappa shape index (κ1) is 11.0. The fraction of sp³-hybridized carbons (Fsp3) is 0.333. The van der Waals surface area contributed by atoms with Crippen molar-refractivity contribution in [2.45, 2.75) is 24.7 Å². The topological polar surface area (TPSA) is 74.6 Å². The van der Waals surface area contributed by atoms with Gasteiger partial charge in [-0.05, 0) is 17.5 Å². The van der Waals surface area contributed by atoms with Crippen molar-refractivity contribution in [2.24, 2.45) is 0 Å². The number of para-hydroxylation sites is 1. The molecule has 0 radical (unpaired) electrons. The minimum Gasteiger partial charge on any atom is -0.506 e. The van der Waals surface area contributed by atoms with Crippen LogP contribution in [0.2, 0.25) is 0 Å². The van der Waals surface area contributed by atoms with Crippen LogP contribution < -0.4 is 0 Å². The van der Waals surface area contributed by atoms with Gasteiger partial charge in [0.25, 0.3) is 10.1 Å². The van der Waals surface area contributed by atoms with Crippen molar-refractivity contribution in [1.82, 2.24) is 0 Å². The Bertz CT molecular complexity index is 434. The van der Waals surface area contributed by atoms with E-state index in [-0.39, 0.29) is 11.7 Å². The second-order valence-corrected chi connectivity index (χ2v) is 4.71. The summed E-state index contributed by atoms with van der Waals surface area (Å²) in [5.74, 6) is -0.373. The Morgan fingerprint density at radius 3 is 2.29 bits per heavy atom. The van der Waals surface area contributed by atoms with Crippen LogP contribution in [0.3, 0.4) is 0 Å². The second kappa shape index (κ2) is 3.59. The number of benzene rings is 1. The van der Waals surface area contributed by atoms with Gasteiger partial charge < -0.3 is 5.11 Å². The molecule has 0 aliphatic carbocycles. The van der Waals surface area contributed by atoms with E-state index >= 15 is 0 Å². The normalized spacial score (nSPS) is 12.0. The second-order valence-electron chi connectivity index (χ2n) is 3.32. The summed E-state index contributed by atoms with van der Waals surface area (Å²) >= 11 is 0. The lowest BCUT2D eigenvalue weighted by atomic mass is 10.0. The monoisotopic (exact) mass is 216 g/mol. The molecule has 14 heavy (non-hydrogen) atoms. The van der Waals surface area contributed by atoms with Crippen LogP contribution in [-0.2, 0) is 10.1 Å². The SMILES string of the molecule is CC(C)c1cccc(S(=O)(=O)O)c1O. The van der Waals surface area contributed by atoms with Crippen LogP contribution in [0, 0.1) is 0 Å². The van der Waals surface area contributed by atoms with Gasteiger partial charge in [0.2, 0.25) is 0 Å². The van der Waals surface area contributed by atoms with Gasteiger partial charge in [-0.2, -0.15) is 8.42 Å². The fourth-order valence-electron chi connectivity index (χ4n) is 1.21. The van der Waals surface area contributed by atoms with Gasteiger partial charge in [-0.1, -0.05) is 26.0 Å². The largest absolute Gasteiger partial charge is 0.506 e. The molecule has 0 unspecified atom stereocenters. The van der Waals surface area contributed by atoms with Gasteiger partial charge in [-0.15, -0.1) is 0 Å². The molecule has 4 nitrogen and oxygen atoms in total. The smallest absolute Gasteiger partial charge is 0.298 e. The molecule has 0 amide bonds. The average Bonchev–Trinajstić information content (AvgIpc) is 2.01. The van der Waals surface area contributed by atoms with Crippen molar-refractivity contribution in [3.8, 4) is 5.75 Å². The summed E-state index contributed by atoms with van der Waals surface area (Å²) in [5, 5.41) is 9.56. The van der Waals surface area contributed by atoms with Crippen molar-refractivity contribution in [3.63, 3.8) is 0 Å². The average molecular weight is 216 g/mol. The van der Waals surface area contributed by atoms with E-state index in [1.54, 1.807) is 6.07 Å². The highest BCUT2D eigenvalue weighted by atomic mass is 32.2. The van der Waals surface area contributed by atoms with Gasteiger partial charge in [0, 0.05) is 0 Å². The van der Waals surface area contributed by atoms with Gasteiger partial charge >= 0.3 is 0 Å². The van der Waals surface area contributed by atoms with Crippen LogP contribution in [-0.4, -0.2) is 18.1 Å². The molecule has 2 N–H and O–H groups in total. The molecular weight excluding hydrogens is 204 g/mol. The fourth-order valence-corrected chi connectivity index (χ4v) is 1.83. The number of rotatable bonds is 2. The van der Waals surface area contributed by atoms with E-state index in [4.69, 9.17) is 4.55 Å². The Labute approximate surface area is 82.9 Å². The Kier molecular flexibility index (Phi) is 2.82. The maximum absolute atomic E-state index is 10.8. The first-order valence-electron chi connectivity index (χ1n) is 4.13. The molecule has 5 heteroatoms. The van der Waals surface area contributed by atoms with E-state index in [9.17, 15) is 13.5 Å². The summed E-state index contributed by atoms with van der Waals surface area (Å²) in [6.07, 6.45) is 0. The maximum atomic E-state index is 10.8. The number of phenols is 1. The van der Waals surface area contributed by atoms with Crippen molar-refractivity contribution in [3.05, 3.63) is 23.8 Å². The summed E-state index contributed by atoms with van der Waals surface area (Å²) in [6, 6.07) is 4.27. The first-order chi connectivity index (χ1) is 6.34. The Morgan fingerprint density at radius 1 is 1.29 bits per heavy atom. The molecule has 0 saturated heterocycles. The summed E-state index contributed by atoms with van der Waals surface area (Å²) in [7, 11) is -4.34. The third kappa shape index (κ3) is 2.05. The lowest BCUT2D eigenvalue weighted by Gasteiger charge is -2.10. The molecule has 0 bridgehead atoms. The molecule has 0 aliphatic rings. The zero-order chi connectivity index (χ0) is 10.9. The third-order valence-electron chi connectivity index (χ3n) is 1.93. The minimum absolute atomic E-state index is 0.00306. The number of phenolic OH excluding ortho intramolecular Hbond substituents is 1. The van der Waals surface area contributed by atoms with E-state index in [0.717, 1.165) is 6.07 Å². The lowest BCUT2D eigenvalue weighted by Crippen LogP contribution is -2.00. The molecule has 0 heterocycles. The molecular formula is C9H12O4S. The van der Waals surface area contributed by atoms with Gasteiger partial charge in [0.05, 0.1) is 0 Å². The summed E-state index contributed by atoms with van der Waals surface area (Å²) in [4.78, 5) is -0.441. The van der Waals surface area contributed by atoms with Crippen molar-refractivity contribution >= 4 is 10.1 Å². The van der Waals surface area contributed by atoms with Crippen molar-refractivity contribution < 1.29 is 18.1 Å². The first-order valence-corrected chi connectivity index (χ1v) is 5.57. The summed E-state index contributed by atoms with van der Waals surface area (Å²) in [6.45, 7) is 3.64. The number of aromatic hydroxyl groups is 1. The highest BCUT2D eigenvalue weighted by Crippen LogP contribution is 2.31.